The van der Waals surface area contributed by atoms with E-state index in [1.54, 1.807) is 35.2 Å². The number of hydrogen-bond acceptors (Lipinski definition) is 5. The lowest BCUT2D eigenvalue weighted by Gasteiger charge is -2.20. The molecule has 1 aliphatic heterocycles. The standard InChI is InChI=1S/C20H16ClNO3S2/c21-15-10-17-18(25-8-7-24-17)11-16(15)22-20(23)14-5-1-2-6-19(14)27-12-13-4-3-9-26-13/h1-6,9-11H,7-8,12H2,(H,22,23). The molecule has 0 saturated carbocycles. The number of amides is 1. The summed E-state index contributed by atoms with van der Waals surface area (Å²) in [4.78, 5) is 15.1. The van der Waals surface area contributed by atoms with Crippen molar-refractivity contribution in [1.29, 1.82) is 0 Å². The first-order chi connectivity index (χ1) is 13.2. The number of thioether (sulfide) groups is 1. The molecular formula is C20H16ClNO3S2. The fraction of sp³-hybridized carbons (Fsp3) is 0.150. The summed E-state index contributed by atoms with van der Waals surface area (Å²) >= 11 is 9.66. The average Bonchev–Trinajstić information content (AvgIpc) is 3.21. The minimum absolute atomic E-state index is 0.206. The van der Waals surface area contributed by atoms with E-state index in [0.717, 1.165) is 10.6 Å². The number of rotatable bonds is 5. The lowest BCUT2D eigenvalue weighted by Crippen LogP contribution is -2.17. The van der Waals surface area contributed by atoms with Crippen molar-refractivity contribution in [3.63, 3.8) is 0 Å². The maximum atomic E-state index is 12.9. The van der Waals surface area contributed by atoms with Gasteiger partial charge >= 0.3 is 0 Å². The lowest BCUT2D eigenvalue weighted by atomic mass is 10.2. The second-order valence-corrected chi connectivity index (χ2v) is 8.25. The second kappa shape index (κ2) is 8.25. The first-order valence-corrected chi connectivity index (χ1v) is 10.6. The molecule has 138 valence electrons. The van der Waals surface area contributed by atoms with Crippen LogP contribution in [0.5, 0.6) is 11.5 Å². The van der Waals surface area contributed by atoms with Crippen molar-refractivity contribution in [3.05, 3.63) is 69.4 Å². The van der Waals surface area contributed by atoms with Crippen molar-refractivity contribution in [2.75, 3.05) is 18.5 Å². The fourth-order valence-electron chi connectivity index (χ4n) is 2.67. The topological polar surface area (TPSA) is 47.6 Å². The third-order valence-electron chi connectivity index (χ3n) is 3.96. The van der Waals surface area contributed by atoms with Gasteiger partial charge in [-0.15, -0.1) is 23.1 Å². The molecule has 0 spiro atoms. The SMILES string of the molecule is O=C(Nc1cc2c(cc1Cl)OCCO2)c1ccccc1SCc1cccs1. The quantitative estimate of drug-likeness (QED) is 0.539. The van der Waals surface area contributed by atoms with E-state index < -0.39 is 0 Å². The Labute approximate surface area is 170 Å². The van der Waals surface area contributed by atoms with Crippen LogP contribution in [0.3, 0.4) is 0 Å². The van der Waals surface area contributed by atoms with Crippen LogP contribution in [0.2, 0.25) is 5.02 Å². The van der Waals surface area contributed by atoms with Gasteiger partial charge in [-0.2, -0.15) is 0 Å². The van der Waals surface area contributed by atoms with E-state index in [1.807, 2.05) is 30.3 Å². The molecule has 4 rings (SSSR count). The average molecular weight is 418 g/mol. The van der Waals surface area contributed by atoms with Gasteiger partial charge in [-0.1, -0.05) is 29.8 Å². The third-order valence-corrected chi connectivity index (χ3v) is 6.46. The smallest absolute Gasteiger partial charge is 0.256 e. The number of halogens is 1. The predicted octanol–water partition coefficient (Wildman–Crippen LogP) is 5.72. The van der Waals surface area contributed by atoms with E-state index >= 15 is 0 Å². The number of thiophene rings is 1. The maximum absolute atomic E-state index is 12.9. The summed E-state index contributed by atoms with van der Waals surface area (Å²) < 4.78 is 11.1. The van der Waals surface area contributed by atoms with Gasteiger partial charge in [0.1, 0.15) is 13.2 Å². The van der Waals surface area contributed by atoms with Crippen LogP contribution in [-0.4, -0.2) is 19.1 Å². The van der Waals surface area contributed by atoms with Crippen molar-refractivity contribution >= 4 is 46.3 Å². The highest BCUT2D eigenvalue weighted by Gasteiger charge is 2.18. The van der Waals surface area contributed by atoms with Gasteiger partial charge in [0.25, 0.3) is 5.91 Å². The summed E-state index contributed by atoms with van der Waals surface area (Å²) in [5.74, 6) is 1.80. The molecule has 1 N–H and O–H groups in total. The normalized spacial score (nSPS) is 12.6. The van der Waals surface area contributed by atoms with Crippen LogP contribution in [0, 0.1) is 0 Å². The Bertz CT molecular complexity index is 960. The molecule has 27 heavy (non-hydrogen) atoms. The summed E-state index contributed by atoms with van der Waals surface area (Å²) in [6.45, 7) is 0.966. The van der Waals surface area contributed by atoms with E-state index in [1.165, 1.54) is 4.88 Å². The highest BCUT2D eigenvalue weighted by molar-refractivity contribution is 7.98. The van der Waals surface area contributed by atoms with Crippen LogP contribution in [-0.2, 0) is 5.75 Å². The molecule has 0 bridgehead atoms. The molecule has 1 aliphatic rings. The van der Waals surface area contributed by atoms with Crippen molar-refractivity contribution in [1.82, 2.24) is 0 Å². The van der Waals surface area contributed by atoms with Crippen LogP contribution < -0.4 is 14.8 Å². The van der Waals surface area contributed by atoms with E-state index in [4.69, 9.17) is 21.1 Å². The Morgan fingerprint density at radius 2 is 1.89 bits per heavy atom. The van der Waals surface area contributed by atoms with Crippen molar-refractivity contribution in [3.8, 4) is 11.5 Å². The number of anilines is 1. The highest BCUT2D eigenvalue weighted by atomic mass is 35.5. The van der Waals surface area contributed by atoms with Crippen LogP contribution in [0.1, 0.15) is 15.2 Å². The highest BCUT2D eigenvalue weighted by Crippen LogP contribution is 2.38. The maximum Gasteiger partial charge on any atom is 0.256 e. The molecule has 0 unspecified atom stereocenters. The van der Waals surface area contributed by atoms with Gasteiger partial charge in [-0.05, 0) is 23.6 Å². The van der Waals surface area contributed by atoms with Gasteiger partial charge in [0.05, 0.1) is 16.3 Å². The van der Waals surface area contributed by atoms with Gasteiger partial charge in [0.2, 0.25) is 0 Å². The third kappa shape index (κ3) is 4.24. The number of carbonyl (C=O) groups is 1. The molecule has 2 aromatic carbocycles. The predicted molar refractivity (Wildman–Crippen MR) is 111 cm³/mol. The van der Waals surface area contributed by atoms with E-state index in [0.29, 0.717) is 41.0 Å². The second-order valence-electron chi connectivity index (χ2n) is 5.79. The molecule has 0 radical (unpaired) electrons. The zero-order chi connectivity index (χ0) is 18.6. The monoisotopic (exact) mass is 417 g/mol. The van der Waals surface area contributed by atoms with Gasteiger partial charge in [-0.3, -0.25) is 4.79 Å². The molecule has 1 amide bonds. The van der Waals surface area contributed by atoms with Crippen LogP contribution in [0.4, 0.5) is 5.69 Å². The number of ether oxygens (including phenoxy) is 2. The number of nitrogens with one attached hydrogen (secondary N) is 1. The summed E-state index contributed by atoms with van der Waals surface area (Å²) in [6, 6.07) is 15.1. The summed E-state index contributed by atoms with van der Waals surface area (Å²) in [5.41, 5.74) is 1.12. The Morgan fingerprint density at radius 1 is 1.11 bits per heavy atom. The minimum Gasteiger partial charge on any atom is -0.486 e. The number of carbonyl (C=O) groups excluding carboxylic acids is 1. The first kappa shape index (κ1) is 18.2. The number of benzene rings is 2. The fourth-order valence-corrected chi connectivity index (χ4v) is 4.70. The molecule has 3 aromatic rings. The van der Waals surface area contributed by atoms with Crippen molar-refractivity contribution < 1.29 is 14.3 Å². The zero-order valence-electron chi connectivity index (χ0n) is 14.2. The van der Waals surface area contributed by atoms with E-state index in [2.05, 4.69) is 16.8 Å². The van der Waals surface area contributed by atoms with E-state index in [-0.39, 0.29) is 5.91 Å². The van der Waals surface area contributed by atoms with Crippen LogP contribution in [0.25, 0.3) is 0 Å². The molecule has 2 heterocycles. The summed E-state index contributed by atoms with van der Waals surface area (Å²) in [6.07, 6.45) is 0. The number of fused-ring (bicyclic) bond motifs is 1. The molecule has 0 fully saturated rings. The summed E-state index contributed by atoms with van der Waals surface area (Å²) in [5, 5.41) is 5.36. The van der Waals surface area contributed by atoms with Crippen molar-refractivity contribution in [2.24, 2.45) is 0 Å². The summed E-state index contributed by atoms with van der Waals surface area (Å²) in [7, 11) is 0. The van der Waals surface area contributed by atoms with E-state index in [9.17, 15) is 4.79 Å². The molecule has 0 aliphatic carbocycles. The molecule has 0 atom stereocenters. The van der Waals surface area contributed by atoms with Crippen molar-refractivity contribution in [2.45, 2.75) is 10.6 Å². The molecule has 0 saturated heterocycles. The Kier molecular flexibility index (Phi) is 5.57. The van der Waals surface area contributed by atoms with Crippen LogP contribution in [0.15, 0.2) is 58.8 Å². The minimum atomic E-state index is -0.206. The zero-order valence-corrected chi connectivity index (χ0v) is 16.6. The van der Waals surface area contributed by atoms with Gasteiger partial charge < -0.3 is 14.8 Å². The molecular weight excluding hydrogens is 402 g/mol. The Hall–Kier alpha value is -2.15. The molecule has 4 nitrogen and oxygen atoms in total. The van der Waals surface area contributed by atoms with Gasteiger partial charge in [0, 0.05) is 27.7 Å². The molecule has 1 aromatic heterocycles. The van der Waals surface area contributed by atoms with Crippen LogP contribution >= 0.6 is 34.7 Å². The number of hydrogen-bond donors (Lipinski definition) is 1. The lowest BCUT2D eigenvalue weighted by molar-refractivity contribution is 0.102. The molecule has 7 heteroatoms. The Morgan fingerprint density at radius 3 is 2.67 bits per heavy atom. The van der Waals surface area contributed by atoms with Gasteiger partial charge in [-0.25, -0.2) is 0 Å². The Balaban J connectivity index is 1.53. The van der Waals surface area contributed by atoms with Gasteiger partial charge in [0.15, 0.2) is 11.5 Å². The first-order valence-electron chi connectivity index (χ1n) is 8.35. The largest absolute Gasteiger partial charge is 0.486 e.